The van der Waals surface area contributed by atoms with E-state index in [1.165, 1.54) is 0 Å². The van der Waals surface area contributed by atoms with Crippen LogP contribution in [-0.4, -0.2) is 60.1 Å². The highest BCUT2D eigenvalue weighted by Crippen LogP contribution is 2.25. The smallest absolute Gasteiger partial charge is 0.250 e. The van der Waals surface area contributed by atoms with Gasteiger partial charge in [0.25, 0.3) is 5.91 Å². The number of piperidine rings is 1. The molecule has 0 saturated carbocycles. The number of carbonyl (C=O) groups excluding carboxylic acids is 1. The maximum absolute atomic E-state index is 13.0. The molecule has 7 heteroatoms. The second-order valence-corrected chi connectivity index (χ2v) is 7.62. The van der Waals surface area contributed by atoms with Crippen molar-refractivity contribution in [3.63, 3.8) is 0 Å². The summed E-state index contributed by atoms with van der Waals surface area (Å²) in [7, 11) is 0. The lowest BCUT2D eigenvalue weighted by Crippen LogP contribution is -2.61. The minimum Gasteiger partial charge on any atom is -0.373 e. The van der Waals surface area contributed by atoms with Gasteiger partial charge in [-0.1, -0.05) is 24.3 Å². The van der Waals surface area contributed by atoms with Crippen LogP contribution in [-0.2, 0) is 22.5 Å². The van der Waals surface area contributed by atoms with E-state index in [-0.39, 0.29) is 24.1 Å². The van der Waals surface area contributed by atoms with Crippen LogP contribution >= 0.6 is 0 Å². The Bertz CT molecular complexity index is 722. The average molecular weight is 371 g/mol. The molecular formula is C20H29N5O2. The number of amides is 1. The van der Waals surface area contributed by atoms with Crippen LogP contribution in [0.1, 0.15) is 24.0 Å². The van der Waals surface area contributed by atoms with Gasteiger partial charge < -0.3 is 31.3 Å². The molecule has 0 spiro atoms. The highest BCUT2D eigenvalue weighted by atomic mass is 16.5. The van der Waals surface area contributed by atoms with Crippen LogP contribution in [0.25, 0.3) is 0 Å². The number of carbonyl (C=O) groups is 1. The Hall–Kier alpha value is -2.09. The predicted molar refractivity (Wildman–Crippen MR) is 103 cm³/mol. The van der Waals surface area contributed by atoms with Gasteiger partial charge in [-0.2, -0.15) is 0 Å². The lowest BCUT2D eigenvalue weighted by Gasteiger charge is -2.45. The van der Waals surface area contributed by atoms with Gasteiger partial charge in [0, 0.05) is 44.8 Å². The van der Waals surface area contributed by atoms with E-state index in [1.54, 1.807) is 0 Å². The Morgan fingerprint density at radius 2 is 2.04 bits per heavy atom. The first kappa shape index (κ1) is 18.3. The molecule has 5 N–H and O–H groups in total. The molecule has 4 rings (SSSR count). The number of fused-ring (bicyclic) bond motifs is 1. The second-order valence-electron chi connectivity index (χ2n) is 7.62. The van der Waals surface area contributed by atoms with Crippen molar-refractivity contribution in [2.75, 3.05) is 26.2 Å². The predicted octanol–water partition coefficient (Wildman–Crippen LogP) is 0.109. The molecule has 3 aliphatic heterocycles. The average Bonchev–Trinajstić information content (AvgIpc) is 2.68. The van der Waals surface area contributed by atoms with Crippen molar-refractivity contribution in [2.24, 2.45) is 11.5 Å². The van der Waals surface area contributed by atoms with E-state index in [2.05, 4.69) is 27.4 Å². The van der Waals surface area contributed by atoms with Crippen molar-refractivity contribution in [2.45, 2.75) is 44.0 Å². The molecule has 3 atom stereocenters. The first-order chi connectivity index (χ1) is 13.2. The number of hydrogen-bond acceptors (Lipinski definition) is 6. The fraction of sp³-hybridized carbons (Fsp3) is 0.550. The molecule has 1 aromatic carbocycles. The fourth-order valence-corrected chi connectivity index (χ4v) is 4.34. The summed E-state index contributed by atoms with van der Waals surface area (Å²) in [4.78, 5) is 17.3. The van der Waals surface area contributed by atoms with Crippen molar-refractivity contribution in [3.8, 4) is 0 Å². The van der Waals surface area contributed by atoms with E-state index in [9.17, 15) is 4.79 Å². The standard InChI is InChI=1S/C20H29N5O2/c21-11-15-5-2-1-4-14(15)10-17-19-20(26)23-18(13-25(19)8-9-27-17)24-7-3-6-16(22)12-24/h1-2,4-5,13,16-17,19H,3,6-12,21-22H2,(H,23,26). The van der Waals surface area contributed by atoms with Gasteiger partial charge in [0.1, 0.15) is 11.9 Å². The maximum atomic E-state index is 13.0. The van der Waals surface area contributed by atoms with Crippen LogP contribution in [0.4, 0.5) is 0 Å². The topological polar surface area (TPSA) is 96.8 Å². The Morgan fingerprint density at radius 3 is 2.81 bits per heavy atom. The molecule has 0 radical (unpaired) electrons. The third-order valence-corrected chi connectivity index (χ3v) is 5.76. The van der Waals surface area contributed by atoms with Crippen molar-refractivity contribution in [3.05, 3.63) is 47.4 Å². The Morgan fingerprint density at radius 1 is 1.22 bits per heavy atom. The Kier molecular flexibility index (Phi) is 5.33. The molecule has 7 nitrogen and oxygen atoms in total. The highest BCUT2D eigenvalue weighted by Gasteiger charge is 2.40. The zero-order valence-electron chi connectivity index (χ0n) is 15.6. The van der Waals surface area contributed by atoms with E-state index in [1.807, 2.05) is 18.2 Å². The number of hydrogen-bond donors (Lipinski definition) is 3. The number of ether oxygens (including phenoxy) is 1. The zero-order valence-corrected chi connectivity index (χ0v) is 15.6. The van der Waals surface area contributed by atoms with Crippen LogP contribution in [0, 0.1) is 0 Å². The van der Waals surface area contributed by atoms with Crippen LogP contribution in [0.15, 0.2) is 36.3 Å². The molecule has 3 heterocycles. The fourth-order valence-electron chi connectivity index (χ4n) is 4.34. The number of rotatable bonds is 4. The maximum Gasteiger partial charge on any atom is 0.250 e. The SMILES string of the molecule is NCc1ccccc1CC1OCCN2C=C(N3CCCC(N)C3)NC(=O)C12. The summed E-state index contributed by atoms with van der Waals surface area (Å²) in [6.45, 7) is 3.54. The van der Waals surface area contributed by atoms with E-state index < -0.39 is 0 Å². The van der Waals surface area contributed by atoms with Gasteiger partial charge >= 0.3 is 0 Å². The molecule has 27 heavy (non-hydrogen) atoms. The van der Waals surface area contributed by atoms with Gasteiger partial charge in [-0.25, -0.2) is 0 Å². The minimum atomic E-state index is -0.313. The minimum absolute atomic E-state index is 0.00146. The van der Waals surface area contributed by atoms with Gasteiger partial charge in [0.05, 0.1) is 12.7 Å². The summed E-state index contributed by atoms with van der Waals surface area (Å²) in [6.07, 6.45) is 4.67. The van der Waals surface area contributed by atoms with Gasteiger partial charge in [-0.3, -0.25) is 4.79 Å². The third-order valence-electron chi connectivity index (χ3n) is 5.76. The molecule has 146 valence electrons. The molecule has 0 aliphatic carbocycles. The molecule has 2 saturated heterocycles. The summed E-state index contributed by atoms with van der Waals surface area (Å²) in [5.74, 6) is 0.871. The third kappa shape index (κ3) is 3.81. The summed E-state index contributed by atoms with van der Waals surface area (Å²) in [6, 6.07) is 7.96. The first-order valence-electron chi connectivity index (χ1n) is 9.83. The van der Waals surface area contributed by atoms with Gasteiger partial charge in [0.15, 0.2) is 0 Å². The van der Waals surface area contributed by atoms with Crippen LogP contribution in [0.2, 0.25) is 0 Å². The molecular weight excluding hydrogens is 342 g/mol. The lowest BCUT2D eigenvalue weighted by molar-refractivity contribution is -0.138. The Labute approximate surface area is 160 Å². The summed E-state index contributed by atoms with van der Waals surface area (Å²) in [5, 5.41) is 3.10. The quantitative estimate of drug-likeness (QED) is 0.695. The molecule has 1 amide bonds. The monoisotopic (exact) mass is 371 g/mol. The van der Waals surface area contributed by atoms with E-state index >= 15 is 0 Å². The van der Waals surface area contributed by atoms with Gasteiger partial charge in [0.2, 0.25) is 0 Å². The van der Waals surface area contributed by atoms with Crippen LogP contribution in [0.3, 0.4) is 0 Å². The van der Waals surface area contributed by atoms with E-state index in [0.29, 0.717) is 19.6 Å². The van der Waals surface area contributed by atoms with Crippen LogP contribution < -0.4 is 16.8 Å². The molecule has 1 aromatic rings. The van der Waals surface area contributed by atoms with E-state index in [0.717, 1.165) is 49.4 Å². The molecule has 2 fully saturated rings. The second kappa shape index (κ2) is 7.88. The number of nitrogens with one attached hydrogen (secondary N) is 1. The normalized spacial score (nSPS) is 28.4. The zero-order chi connectivity index (χ0) is 18.8. The molecule has 3 aliphatic rings. The molecule has 0 bridgehead atoms. The summed E-state index contributed by atoms with van der Waals surface area (Å²) >= 11 is 0. The first-order valence-corrected chi connectivity index (χ1v) is 9.83. The summed E-state index contributed by atoms with van der Waals surface area (Å²) < 4.78 is 6.01. The number of morpholine rings is 1. The van der Waals surface area contributed by atoms with Crippen LogP contribution in [0.5, 0.6) is 0 Å². The summed E-state index contributed by atoms with van der Waals surface area (Å²) in [5.41, 5.74) is 14.2. The Balaban J connectivity index is 1.52. The van der Waals surface area contributed by atoms with Crippen molar-refractivity contribution >= 4 is 5.91 Å². The number of nitrogens with two attached hydrogens (primary N) is 2. The number of nitrogens with zero attached hydrogens (tertiary/aromatic N) is 2. The largest absolute Gasteiger partial charge is 0.373 e. The molecule has 3 unspecified atom stereocenters. The van der Waals surface area contributed by atoms with Crippen molar-refractivity contribution in [1.29, 1.82) is 0 Å². The lowest BCUT2D eigenvalue weighted by atomic mass is 9.95. The number of benzene rings is 1. The van der Waals surface area contributed by atoms with E-state index in [4.69, 9.17) is 16.2 Å². The van der Waals surface area contributed by atoms with Gasteiger partial charge in [-0.05, 0) is 24.0 Å². The highest BCUT2D eigenvalue weighted by molar-refractivity contribution is 5.85. The van der Waals surface area contributed by atoms with Crippen molar-refractivity contribution in [1.82, 2.24) is 15.1 Å². The van der Waals surface area contributed by atoms with Crippen molar-refractivity contribution < 1.29 is 9.53 Å². The number of likely N-dealkylation sites (tertiary alicyclic amines) is 1. The molecule has 0 aromatic heterocycles. The van der Waals surface area contributed by atoms with Gasteiger partial charge in [-0.15, -0.1) is 0 Å².